The molecule has 4 aliphatic rings. The summed E-state index contributed by atoms with van der Waals surface area (Å²) >= 11 is 0. The van der Waals surface area contributed by atoms with Gasteiger partial charge in [-0.1, -0.05) is 0 Å². The number of ether oxygens (including phenoxy) is 4. The van der Waals surface area contributed by atoms with E-state index in [4.69, 9.17) is 63.3 Å². The second-order valence-electron chi connectivity index (χ2n) is 17.8. The van der Waals surface area contributed by atoms with E-state index in [1.54, 1.807) is 0 Å². The molecule has 0 amide bonds. The van der Waals surface area contributed by atoms with Crippen molar-refractivity contribution in [1.82, 2.24) is 48.2 Å². The predicted molar refractivity (Wildman–Crippen MR) is 254 cm³/mol. The zero-order chi connectivity index (χ0) is 55.3. The highest BCUT2D eigenvalue weighted by molar-refractivity contribution is 7.48. The Balaban J connectivity index is 0.898. The largest absolute Gasteiger partial charge is 0.472 e. The van der Waals surface area contributed by atoms with Crippen molar-refractivity contribution in [3.05, 3.63) is 94.8 Å². The quantitative estimate of drug-likeness (QED) is 0.0353. The number of rotatable bonds is 20. The summed E-state index contributed by atoms with van der Waals surface area (Å²) in [5.41, 5.74) is 12.6. The van der Waals surface area contributed by atoms with E-state index in [1.165, 1.54) is 36.0 Å². The summed E-state index contributed by atoms with van der Waals surface area (Å²) in [6.07, 6.45) is -12.9. The Morgan fingerprint density at radius 2 is 1.09 bits per heavy atom. The van der Waals surface area contributed by atoms with Crippen molar-refractivity contribution in [1.29, 1.82) is 0 Å². The van der Waals surface area contributed by atoms with Gasteiger partial charge in [-0.2, -0.15) is 15.0 Å². The second kappa shape index (κ2) is 22.2. The Hall–Kier alpha value is -5.72. The lowest BCUT2D eigenvalue weighted by Crippen LogP contribution is -2.33. The number of hydrogen-bond donors (Lipinski definition) is 10. The van der Waals surface area contributed by atoms with Crippen LogP contribution in [-0.2, 0) is 59.8 Å². The summed E-state index contributed by atoms with van der Waals surface area (Å²) in [5, 5.41) is 20.7. The third-order valence-electron chi connectivity index (χ3n) is 12.5. The van der Waals surface area contributed by atoms with Crippen LogP contribution in [-0.4, -0.2) is 148 Å². The number of phosphoric ester groups is 3. The van der Waals surface area contributed by atoms with E-state index >= 15 is 0 Å². The number of nitrogens with one attached hydrogen (secondary N) is 2. The average molecular weight is 1150 g/mol. The van der Waals surface area contributed by atoms with Crippen molar-refractivity contribution in [3.63, 3.8) is 0 Å². The first-order valence-corrected chi connectivity index (χ1v) is 27.4. The molecule has 0 saturated carbocycles. The van der Waals surface area contributed by atoms with Crippen molar-refractivity contribution in [2.45, 2.75) is 106 Å². The van der Waals surface area contributed by atoms with Crippen molar-refractivity contribution in [3.8, 4) is 0 Å². The Morgan fingerprint density at radius 3 is 1.61 bits per heavy atom. The number of fused-ring (bicyclic) bond motifs is 1. The number of nitrogens with two attached hydrogens (primary N) is 3. The van der Waals surface area contributed by atoms with Gasteiger partial charge < -0.3 is 61.0 Å². The van der Waals surface area contributed by atoms with Crippen molar-refractivity contribution >= 4 is 52.2 Å². The number of nitrogens with zero attached hydrogens (tertiary/aromatic N) is 8. The summed E-state index contributed by atoms with van der Waals surface area (Å²) < 4.78 is 101. The minimum atomic E-state index is -5.41. The van der Waals surface area contributed by atoms with Crippen LogP contribution in [0.1, 0.15) is 56.2 Å². The number of aromatic amines is 2. The van der Waals surface area contributed by atoms with Gasteiger partial charge >= 0.3 is 40.5 Å². The van der Waals surface area contributed by atoms with Gasteiger partial charge in [0.05, 0.1) is 38.9 Å². The van der Waals surface area contributed by atoms with Gasteiger partial charge in [-0.25, -0.2) is 33.1 Å². The molecule has 9 heterocycles. The molecule has 77 heavy (non-hydrogen) atoms. The molecule has 5 aromatic heterocycles. The van der Waals surface area contributed by atoms with Gasteiger partial charge in [0.2, 0.25) is 5.95 Å². The predicted octanol–water partition coefficient (Wildman–Crippen LogP) is -2.75. The molecule has 3 unspecified atom stereocenters. The zero-order valence-electron chi connectivity index (χ0n) is 39.8. The van der Waals surface area contributed by atoms with Crippen LogP contribution in [0.15, 0.2) is 61.0 Å². The van der Waals surface area contributed by atoms with Crippen LogP contribution in [0.2, 0.25) is 0 Å². The number of aromatic nitrogens is 10. The van der Waals surface area contributed by atoms with Gasteiger partial charge in [0, 0.05) is 49.8 Å². The van der Waals surface area contributed by atoms with E-state index in [-0.39, 0.29) is 53.6 Å². The Bertz CT molecular complexity index is 3460. The molecule has 15 atom stereocenters. The maximum Gasteiger partial charge on any atom is 0.472 e. The van der Waals surface area contributed by atoms with Crippen LogP contribution < -0.4 is 45.4 Å². The normalized spacial score (nSPS) is 29.9. The van der Waals surface area contributed by atoms with E-state index in [0.29, 0.717) is 0 Å². The number of anilines is 3. The molecule has 420 valence electrons. The van der Waals surface area contributed by atoms with Crippen molar-refractivity contribution in [2.24, 2.45) is 0 Å². The molecular weight excluding hydrogens is 1100 g/mol. The fraction of sp³-hybridized carbons (Fsp3) is 0.553. The lowest BCUT2D eigenvalue weighted by Gasteiger charge is -2.25. The second-order valence-corrected chi connectivity index (χ2v) is 22.0. The summed E-state index contributed by atoms with van der Waals surface area (Å²) in [7, 11) is -15.8. The fourth-order valence-corrected chi connectivity index (χ4v) is 11.7. The van der Waals surface area contributed by atoms with Crippen LogP contribution >= 0.6 is 23.5 Å². The maximum absolute atomic E-state index is 13.9. The first-order valence-electron chi connectivity index (χ1n) is 23.0. The first kappa shape index (κ1) is 56.0. The number of imidazole rings is 1. The Labute approximate surface area is 429 Å². The average Bonchev–Trinajstić information content (AvgIpc) is 4.26. The minimum Gasteiger partial charge on any atom is -0.394 e. The number of phosphoric acid groups is 3. The highest BCUT2D eigenvalue weighted by Gasteiger charge is 2.48. The molecule has 39 heteroatoms. The molecule has 0 aromatic carbocycles. The lowest BCUT2D eigenvalue weighted by atomic mass is 10.2. The van der Waals surface area contributed by atoms with Crippen molar-refractivity contribution in [2.75, 3.05) is 43.6 Å². The summed E-state index contributed by atoms with van der Waals surface area (Å²) in [4.78, 5) is 115. The van der Waals surface area contributed by atoms with Crippen LogP contribution in [0.5, 0.6) is 0 Å². The number of hydrogen-bond acceptors (Lipinski definition) is 27. The zero-order valence-corrected chi connectivity index (χ0v) is 42.5. The number of nitrogen functional groups attached to an aromatic ring is 3. The topological polar surface area (TPSA) is 511 Å². The van der Waals surface area contributed by atoms with Crippen LogP contribution in [0.25, 0.3) is 11.2 Å². The summed E-state index contributed by atoms with van der Waals surface area (Å²) in [6.45, 7) is -2.06. The molecule has 0 aliphatic carbocycles. The first-order chi connectivity index (χ1) is 36.3. The Kier molecular flexibility index (Phi) is 16.1. The van der Waals surface area contributed by atoms with Gasteiger partial charge in [-0.05, 0) is 19.1 Å². The monoisotopic (exact) mass is 1150 g/mol. The van der Waals surface area contributed by atoms with Crippen LogP contribution in [0.4, 0.5) is 17.6 Å². The maximum atomic E-state index is 13.9. The Morgan fingerprint density at radius 1 is 0.636 bits per heavy atom. The SMILES string of the molecule is Cc1cn([C@H]2C[C@H](OP(=O)(O)OC[C@H]3O[C@@H](n4cnc5c(=O)[nH]c(N)nc54)C[C@@H]3OP(=O)(O)OC[C@H]3O[C@@H](n4ccc(N)nc4=O)C[C@@H]3O)[C@@H](COP(=O)(O)O[C@H]3C[C@H](n4ccc(N)nc4=O)O[C@@H]3CO)O2)c(=O)[nH]c1=O. The molecule has 0 spiro atoms. The summed E-state index contributed by atoms with van der Waals surface area (Å²) in [5.74, 6) is -0.464. The molecular formula is C38H50N13O23P3. The van der Waals surface area contributed by atoms with Gasteiger partial charge in [0.25, 0.3) is 11.1 Å². The van der Waals surface area contributed by atoms with E-state index in [9.17, 15) is 62.6 Å². The highest BCUT2D eigenvalue weighted by Crippen LogP contribution is 2.53. The minimum absolute atomic E-state index is 0.0461. The third kappa shape index (κ3) is 12.8. The van der Waals surface area contributed by atoms with Gasteiger partial charge in [-0.15, -0.1) is 0 Å². The molecule has 5 aromatic rings. The smallest absolute Gasteiger partial charge is 0.394 e. The molecule has 9 rings (SSSR count). The van der Waals surface area contributed by atoms with E-state index in [0.717, 1.165) is 26.2 Å². The van der Waals surface area contributed by atoms with Crippen LogP contribution in [0, 0.1) is 6.92 Å². The number of aliphatic hydroxyl groups is 2. The van der Waals surface area contributed by atoms with Crippen LogP contribution in [0.3, 0.4) is 0 Å². The van der Waals surface area contributed by atoms with Crippen molar-refractivity contribution < 1.29 is 84.7 Å². The highest BCUT2D eigenvalue weighted by atomic mass is 31.2. The number of H-pyrrole nitrogens is 2. The molecule has 13 N–H and O–H groups in total. The van der Waals surface area contributed by atoms with E-state index in [2.05, 4.69) is 29.9 Å². The molecule has 0 bridgehead atoms. The number of aliphatic hydroxyl groups excluding tert-OH is 2. The van der Waals surface area contributed by atoms with Gasteiger partial charge in [-0.3, -0.25) is 65.0 Å². The molecule has 4 aliphatic heterocycles. The van der Waals surface area contributed by atoms with E-state index < -0.39 is 158 Å². The fourth-order valence-electron chi connectivity index (χ4n) is 8.80. The molecule has 4 saturated heterocycles. The summed E-state index contributed by atoms with van der Waals surface area (Å²) in [6, 6.07) is 2.62. The molecule has 4 fully saturated rings. The third-order valence-corrected chi connectivity index (χ3v) is 15.5. The molecule has 36 nitrogen and oxygen atoms in total. The standard InChI is InChI=1S/C38H50N13O23P3/c1-16-10-50(38(58)47-33(16)54)29-8-19(23(70-29)13-66-76(61,62)72-18-7-28(68-21(18)11-52)49-5-3-26(40)44-37(49)57)73-77(63,64)67-14-24-20(9-30(71-24)51-15-42-31-32(51)45-35(41)46-34(31)55)74-75(59,60)65-12-22-17(53)6-27(69-22)48-4-2-25(39)43-36(48)56/h2-5,10,15,17-24,27-30,52-53H,6-9,11-14H2,1H3,(H,59,60)(H,61,62)(H,63,64)(H2,39,43,56)(H2,40,44,57)(H,47,54,58)(H3,41,45,46,55)/t17-,18-,19-,20-,21+,22+,23+,24+,27+,28+,29+,30+/m0/s1. The van der Waals surface area contributed by atoms with E-state index in [1.807, 2.05) is 0 Å². The number of aryl methyl sites for hydroxylation is 1. The lowest BCUT2D eigenvalue weighted by molar-refractivity contribution is -0.0633. The molecule has 0 radical (unpaired) electrons. The van der Waals surface area contributed by atoms with Gasteiger partial charge in [0.15, 0.2) is 11.2 Å². The van der Waals surface area contributed by atoms with Gasteiger partial charge in [0.1, 0.15) is 79.3 Å².